The summed E-state index contributed by atoms with van der Waals surface area (Å²) in [6, 6.07) is 8.46. The van der Waals surface area contributed by atoms with E-state index in [9.17, 15) is 0 Å². The molecule has 1 aromatic carbocycles. The Labute approximate surface area is 93.2 Å². The molecule has 0 aliphatic carbocycles. The van der Waals surface area contributed by atoms with Crippen LogP contribution in [0.5, 0.6) is 0 Å². The number of anilines is 1. The van der Waals surface area contributed by atoms with Gasteiger partial charge in [-0.25, -0.2) is 0 Å². The van der Waals surface area contributed by atoms with Crippen LogP contribution >= 0.6 is 11.3 Å². The summed E-state index contributed by atoms with van der Waals surface area (Å²) in [5.41, 5.74) is 2.48. The van der Waals surface area contributed by atoms with Crippen LogP contribution in [-0.2, 0) is 6.42 Å². The molecule has 0 amide bonds. The maximum Gasteiger partial charge on any atom is 0.205 e. The number of benzene rings is 1. The third-order valence-corrected chi connectivity index (χ3v) is 3.24. The smallest absolute Gasteiger partial charge is 0.205 e. The molecule has 0 aliphatic heterocycles. The van der Waals surface area contributed by atoms with Crippen LogP contribution in [0.4, 0.5) is 5.13 Å². The second-order valence-electron chi connectivity index (χ2n) is 3.21. The second kappa shape index (κ2) is 4.40. The topological polar surface area (TPSA) is 37.8 Å². The van der Waals surface area contributed by atoms with E-state index in [1.807, 2.05) is 7.05 Å². The van der Waals surface area contributed by atoms with E-state index in [1.165, 1.54) is 5.56 Å². The van der Waals surface area contributed by atoms with Crippen molar-refractivity contribution in [2.24, 2.45) is 0 Å². The Hall–Kier alpha value is -1.42. The normalized spacial score (nSPS) is 10.3. The predicted octanol–water partition coefficient (Wildman–Crippen LogP) is 2.81. The summed E-state index contributed by atoms with van der Waals surface area (Å²) in [6.07, 6.45) is 1.07. The highest BCUT2D eigenvalue weighted by molar-refractivity contribution is 7.18. The molecule has 3 nitrogen and oxygen atoms in total. The molecule has 0 unspecified atom stereocenters. The molecule has 0 saturated heterocycles. The van der Waals surface area contributed by atoms with E-state index in [1.54, 1.807) is 11.3 Å². The van der Waals surface area contributed by atoms with Crippen LogP contribution < -0.4 is 5.32 Å². The first-order valence-corrected chi connectivity index (χ1v) is 5.75. The van der Waals surface area contributed by atoms with Crippen molar-refractivity contribution in [3.05, 3.63) is 29.8 Å². The fourth-order valence-corrected chi connectivity index (χ4v) is 2.03. The summed E-state index contributed by atoms with van der Waals surface area (Å²) >= 11 is 1.57. The van der Waals surface area contributed by atoms with Gasteiger partial charge in [-0.3, -0.25) is 0 Å². The van der Waals surface area contributed by atoms with Crippen molar-refractivity contribution < 1.29 is 0 Å². The molecule has 78 valence electrons. The largest absolute Gasteiger partial charge is 0.363 e. The first kappa shape index (κ1) is 10.1. The van der Waals surface area contributed by atoms with Crippen molar-refractivity contribution >= 4 is 16.5 Å². The van der Waals surface area contributed by atoms with Gasteiger partial charge >= 0.3 is 0 Å². The Bertz CT molecular complexity index is 433. The standard InChI is InChI=1S/C11H13N3S/c1-3-8-4-6-9(7-5-8)10-13-14-11(12-2)15-10/h4-7H,3H2,1-2H3,(H,12,14). The van der Waals surface area contributed by atoms with Crippen molar-refractivity contribution in [2.75, 3.05) is 12.4 Å². The zero-order valence-electron chi connectivity index (χ0n) is 8.82. The molecule has 15 heavy (non-hydrogen) atoms. The Kier molecular flexibility index (Phi) is 2.97. The van der Waals surface area contributed by atoms with Gasteiger partial charge in [0, 0.05) is 12.6 Å². The summed E-state index contributed by atoms with van der Waals surface area (Å²) in [4.78, 5) is 0. The lowest BCUT2D eigenvalue weighted by Crippen LogP contribution is -1.84. The van der Waals surface area contributed by atoms with Gasteiger partial charge in [-0.2, -0.15) is 0 Å². The molecule has 2 rings (SSSR count). The zero-order chi connectivity index (χ0) is 10.7. The minimum atomic E-state index is 0.851. The molecule has 0 saturated carbocycles. The first-order chi connectivity index (χ1) is 7.33. The second-order valence-corrected chi connectivity index (χ2v) is 4.19. The number of hydrogen-bond donors (Lipinski definition) is 1. The third kappa shape index (κ3) is 2.15. The van der Waals surface area contributed by atoms with Crippen LogP contribution in [0.2, 0.25) is 0 Å². The van der Waals surface area contributed by atoms with Gasteiger partial charge in [0.2, 0.25) is 5.13 Å². The number of aromatic nitrogens is 2. The lowest BCUT2D eigenvalue weighted by atomic mass is 10.1. The van der Waals surface area contributed by atoms with Gasteiger partial charge in [0.05, 0.1) is 0 Å². The molecule has 0 fully saturated rings. The van der Waals surface area contributed by atoms with Gasteiger partial charge in [0.25, 0.3) is 0 Å². The maximum absolute atomic E-state index is 4.12. The van der Waals surface area contributed by atoms with Crippen LogP contribution in [0.3, 0.4) is 0 Å². The van der Waals surface area contributed by atoms with E-state index in [4.69, 9.17) is 0 Å². The SMILES string of the molecule is CCc1ccc(-c2nnc(NC)s2)cc1. The van der Waals surface area contributed by atoms with Crippen LogP contribution in [0, 0.1) is 0 Å². The van der Waals surface area contributed by atoms with Crippen molar-refractivity contribution in [1.29, 1.82) is 0 Å². The van der Waals surface area contributed by atoms with Gasteiger partial charge in [0.15, 0.2) is 0 Å². The van der Waals surface area contributed by atoms with Crippen molar-refractivity contribution in [2.45, 2.75) is 13.3 Å². The molecular weight excluding hydrogens is 206 g/mol. The number of aryl methyl sites for hydroxylation is 1. The molecule has 0 spiro atoms. The molecule has 0 atom stereocenters. The summed E-state index contributed by atoms with van der Waals surface area (Å²) in [5, 5.41) is 12.9. The highest BCUT2D eigenvalue weighted by Gasteiger charge is 2.04. The number of rotatable bonds is 3. The Morgan fingerprint density at radius 2 is 1.93 bits per heavy atom. The van der Waals surface area contributed by atoms with E-state index >= 15 is 0 Å². The minimum Gasteiger partial charge on any atom is -0.363 e. The van der Waals surface area contributed by atoms with E-state index in [2.05, 4.69) is 46.7 Å². The van der Waals surface area contributed by atoms with Crippen molar-refractivity contribution in [1.82, 2.24) is 10.2 Å². The van der Waals surface area contributed by atoms with Crippen LogP contribution in [0.1, 0.15) is 12.5 Å². The van der Waals surface area contributed by atoms with Gasteiger partial charge < -0.3 is 5.32 Å². The minimum absolute atomic E-state index is 0.851. The molecular formula is C11H13N3S. The van der Waals surface area contributed by atoms with Gasteiger partial charge in [-0.15, -0.1) is 10.2 Å². The van der Waals surface area contributed by atoms with Crippen LogP contribution in [0.25, 0.3) is 10.6 Å². The van der Waals surface area contributed by atoms with E-state index in [-0.39, 0.29) is 0 Å². The lowest BCUT2D eigenvalue weighted by Gasteiger charge is -1.97. The molecule has 0 bridgehead atoms. The average molecular weight is 219 g/mol. The highest BCUT2D eigenvalue weighted by Crippen LogP contribution is 2.26. The highest BCUT2D eigenvalue weighted by atomic mass is 32.1. The van der Waals surface area contributed by atoms with Gasteiger partial charge in [-0.1, -0.05) is 42.5 Å². The summed E-state index contributed by atoms with van der Waals surface area (Å²) < 4.78 is 0. The number of nitrogens with one attached hydrogen (secondary N) is 1. The molecule has 1 heterocycles. The van der Waals surface area contributed by atoms with Gasteiger partial charge in [-0.05, 0) is 12.0 Å². The molecule has 4 heteroatoms. The summed E-state index contributed by atoms with van der Waals surface area (Å²) in [5.74, 6) is 0. The monoisotopic (exact) mass is 219 g/mol. The molecule has 0 radical (unpaired) electrons. The van der Waals surface area contributed by atoms with Crippen LogP contribution in [0.15, 0.2) is 24.3 Å². The summed E-state index contributed by atoms with van der Waals surface area (Å²) in [6.45, 7) is 2.15. The number of nitrogens with zero attached hydrogens (tertiary/aromatic N) is 2. The molecule has 1 N–H and O–H groups in total. The first-order valence-electron chi connectivity index (χ1n) is 4.94. The maximum atomic E-state index is 4.12. The quantitative estimate of drug-likeness (QED) is 0.862. The summed E-state index contributed by atoms with van der Waals surface area (Å²) in [7, 11) is 1.85. The van der Waals surface area contributed by atoms with E-state index in [0.29, 0.717) is 0 Å². The van der Waals surface area contributed by atoms with Crippen molar-refractivity contribution in [3.63, 3.8) is 0 Å². The molecule has 2 aromatic rings. The zero-order valence-corrected chi connectivity index (χ0v) is 9.64. The molecule has 0 aliphatic rings. The fraction of sp³-hybridized carbons (Fsp3) is 0.273. The average Bonchev–Trinajstić information content (AvgIpc) is 2.78. The Morgan fingerprint density at radius 1 is 1.20 bits per heavy atom. The number of hydrogen-bond acceptors (Lipinski definition) is 4. The predicted molar refractivity (Wildman–Crippen MR) is 64.3 cm³/mol. The Balaban J connectivity index is 2.28. The van der Waals surface area contributed by atoms with Crippen LogP contribution in [-0.4, -0.2) is 17.2 Å². The fourth-order valence-electron chi connectivity index (χ4n) is 1.32. The Morgan fingerprint density at radius 3 is 2.47 bits per heavy atom. The van der Waals surface area contributed by atoms with E-state index in [0.717, 1.165) is 22.1 Å². The van der Waals surface area contributed by atoms with Gasteiger partial charge in [0.1, 0.15) is 5.01 Å². The third-order valence-electron chi connectivity index (χ3n) is 2.25. The van der Waals surface area contributed by atoms with E-state index < -0.39 is 0 Å². The lowest BCUT2D eigenvalue weighted by molar-refractivity contribution is 1.09. The molecule has 1 aromatic heterocycles. The van der Waals surface area contributed by atoms with Crippen molar-refractivity contribution in [3.8, 4) is 10.6 Å².